The molecule has 3 aliphatic carbocycles. The van der Waals surface area contributed by atoms with Crippen LogP contribution in [-0.2, 0) is 24.3 Å². The number of hydrogen-bond donors (Lipinski definition) is 4. The highest BCUT2D eigenvalue weighted by Gasteiger charge is 2.67. The van der Waals surface area contributed by atoms with E-state index in [9.17, 15) is 18.3 Å². The summed E-state index contributed by atoms with van der Waals surface area (Å²) in [5, 5.41) is 12.8. The van der Waals surface area contributed by atoms with Gasteiger partial charge in [-0.15, -0.1) is 0 Å². The second kappa shape index (κ2) is 7.87. The number of rotatable bonds is 8. The Kier molecular flexibility index (Phi) is 5.72. The van der Waals surface area contributed by atoms with Gasteiger partial charge in [-0.1, -0.05) is 20.3 Å². The predicted molar refractivity (Wildman–Crippen MR) is 122 cm³/mol. The van der Waals surface area contributed by atoms with Crippen LogP contribution in [0.5, 0.6) is 0 Å². The molecule has 10 nitrogen and oxygen atoms in total. The molecule has 0 amide bonds. The molecule has 2 bridgehead atoms. The van der Waals surface area contributed by atoms with E-state index < -0.39 is 27.6 Å². The van der Waals surface area contributed by atoms with Gasteiger partial charge in [0.05, 0.1) is 11.7 Å². The largest absolute Gasteiger partial charge is 0.480 e. The summed E-state index contributed by atoms with van der Waals surface area (Å²) in [6, 6.07) is -0.163. The van der Waals surface area contributed by atoms with Crippen LogP contribution in [0.25, 0.3) is 0 Å². The average molecular weight is 484 g/mol. The van der Waals surface area contributed by atoms with Crippen molar-refractivity contribution >= 4 is 23.3 Å². The topological polar surface area (TPSA) is 143 Å². The molecule has 3 saturated carbocycles. The molecule has 0 aromatic carbocycles. The number of nitrogens with two attached hydrogens (primary N) is 1. The predicted octanol–water partition coefficient (Wildman–Crippen LogP) is 0.0150. The molecule has 0 spiro atoms. The molecule has 6 atom stereocenters. The normalized spacial score (nSPS) is 42.6. The molecule has 33 heavy (non-hydrogen) atoms. The van der Waals surface area contributed by atoms with Crippen LogP contribution in [0, 0.1) is 23.2 Å². The number of carboxylic acids is 1. The molecule has 12 heteroatoms. The van der Waals surface area contributed by atoms with Gasteiger partial charge in [0.15, 0.2) is 0 Å². The SMILES string of the molecule is CC1(C)[C@H]2C[C@@H]3OB(CCC[C@H]4CN(S(=O)(=O)NC5CNC5)C[C@@]4(N)C(=O)O)O[C@]3(C)[C@@H]1C2. The van der Waals surface area contributed by atoms with Gasteiger partial charge in [0, 0.05) is 38.1 Å². The summed E-state index contributed by atoms with van der Waals surface area (Å²) >= 11 is 0. The van der Waals surface area contributed by atoms with Gasteiger partial charge in [-0.2, -0.15) is 17.4 Å². The Bertz CT molecular complexity index is 916. The maximum absolute atomic E-state index is 12.7. The fraction of sp³-hybridized carbons (Fsp3) is 0.952. The van der Waals surface area contributed by atoms with Crippen molar-refractivity contribution in [1.29, 1.82) is 0 Å². The van der Waals surface area contributed by atoms with Crippen molar-refractivity contribution < 1.29 is 27.6 Å². The molecular formula is C21H37BN4O6S. The van der Waals surface area contributed by atoms with Gasteiger partial charge in [-0.25, -0.2) is 0 Å². The second-order valence-electron chi connectivity index (χ2n) is 11.6. The zero-order chi connectivity index (χ0) is 23.8. The Balaban J connectivity index is 1.18. The Labute approximate surface area is 196 Å². The Morgan fingerprint density at radius 3 is 2.64 bits per heavy atom. The first-order valence-electron chi connectivity index (χ1n) is 12.2. The Morgan fingerprint density at radius 2 is 2.03 bits per heavy atom. The van der Waals surface area contributed by atoms with Crippen LogP contribution in [-0.4, -0.2) is 80.4 Å². The van der Waals surface area contributed by atoms with Crippen LogP contribution in [0.2, 0.25) is 6.32 Å². The monoisotopic (exact) mass is 484 g/mol. The third-order valence-corrected chi connectivity index (χ3v) is 11.0. The van der Waals surface area contributed by atoms with Gasteiger partial charge in [0.25, 0.3) is 10.2 Å². The molecule has 3 aliphatic heterocycles. The number of carbonyl (C=O) groups is 1. The lowest BCUT2D eigenvalue weighted by molar-refractivity contribution is -0.199. The zero-order valence-electron chi connectivity index (χ0n) is 19.7. The van der Waals surface area contributed by atoms with Crippen molar-refractivity contribution in [2.45, 2.75) is 76.1 Å². The summed E-state index contributed by atoms with van der Waals surface area (Å²) < 4.78 is 42.0. The minimum absolute atomic E-state index is 0.100. The van der Waals surface area contributed by atoms with Crippen molar-refractivity contribution in [2.24, 2.45) is 28.9 Å². The minimum Gasteiger partial charge on any atom is -0.480 e. The van der Waals surface area contributed by atoms with Crippen LogP contribution in [0.3, 0.4) is 0 Å². The molecule has 3 saturated heterocycles. The van der Waals surface area contributed by atoms with Crippen LogP contribution in [0.15, 0.2) is 0 Å². The second-order valence-corrected chi connectivity index (χ2v) is 13.3. The van der Waals surface area contributed by atoms with Crippen molar-refractivity contribution in [3.63, 3.8) is 0 Å². The van der Waals surface area contributed by atoms with E-state index in [0.717, 1.165) is 6.42 Å². The zero-order valence-corrected chi connectivity index (χ0v) is 20.6. The maximum atomic E-state index is 12.7. The highest BCUT2D eigenvalue weighted by atomic mass is 32.2. The number of aliphatic carboxylic acids is 1. The number of nitrogens with one attached hydrogen (secondary N) is 2. The quantitative estimate of drug-likeness (QED) is 0.353. The highest BCUT2D eigenvalue weighted by molar-refractivity contribution is 7.87. The molecule has 6 aliphatic rings. The van der Waals surface area contributed by atoms with Crippen LogP contribution >= 0.6 is 0 Å². The van der Waals surface area contributed by atoms with Crippen LogP contribution in [0.4, 0.5) is 0 Å². The van der Waals surface area contributed by atoms with Gasteiger partial charge in [-0.3, -0.25) is 4.79 Å². The smallest absolute Gasteiger partial charge is 0.457 e. The van der Waals surface area contributed by atoms with E-state index in [1.807, 2.05) is 0 Å². The highest BCUT2D eigenvalue weighted by Crippen LogP contribution is 2.65. The van der Waals surface area contributed by atoms with Crippen molar-refractivity contribution in [3.05, 3.63) is 0 Å². The summed E-state index contributed by atoms with van der Waals surface area (Å²) in [5.74, 6) is -0.456. The lowest BCUT2D eigenvalue weighted by Crippen LogP contribution is -2.65. The standard InChI is InChI=1S/C21H37BN4O6S/c1-19(2)14-7-16(19)20(3)17(8-14)31-22(32-20)6-4-5-13-11-26(12-21(13,23)18(27)28)33(29,30)25-15-9-24-10-15/h13-17,24-25H,4-12,23H2,1-3H3,(H,27,28)/t13-,14+,16+,17-,20+,21-/m0/s1. The van der Waals surface area contributed by atoms with Crippen LogP contribution in [0.1, 0.15) is 46.5 Å². The van der Waals surface area contributed by atoms with Crippen molar-refractivity contribution in [2.75, 3.05) is 26.2 Å². The molecule has 6 rings (SSSR count). The molecule has 6 fully saturated rings. The number of hydrogen-bond acceptors (Lipinski definition) is 7. The first kappa shape index (κ1) is 24.0. The van der Waals surface area contributed by atoms with Crippen molar-refractivity contribution in [1.82, 2.24) is 14.3 Å². The summed E-state index contributed by atoms with van der Waals surface area (Å²) in [6.07, 6.45) is 4.15. The molecular weight excluding hydrogens is 447 g/mol. The maximum Gasteiger partial charge on any atom is 0.457 e. The minimum atomic E-state index is -3.78. The van der Waals surface area contributed by atoms with E-state index >= 15 is 0 Å². The summed E-state index contributed by atoms with van der Waals surface area (Å²) in [5.41, 5.74) is 4.69. The van der Waals surface area contributed by atoms with Gasteiger partial charge in [0.2, 0.25) is 0 Å². The summed E-state index contributed by atoms with van der Waals surface area (Å²) in [6.45, 7) is 7.85. The summed E-state index contributed by atoms with van der Waals surface area (Å²) in [4.78, 5) is 12.0. The number of carboxylic acid groups (broad SMARTS) is 1. The molecule has 0 radical (unpaired) electrons. The van der Waals surface area contributed by atoms with E-state index in [1.165, 1.54) is 10.7 Å². The summed E-state index contributed by atoms with van der Waals surface area (Å²) in [7, 11) is -4.09. The molecule has 0 aromatic heterocycles. The van der Waals surface area contributed by atoms with Gasteiger partial charge in [-0.05, 0) is 49.8 Å². The third kappa shape index (κ3) is 3.77. The Hall–Kier alpha value is -0.755. The van der Waals surface area contributed by atoms with E-state index in [2.05, 4.69) is 30.8 Å². The third-order valence-electron chi connectivity index (χ3n) is 9.42. The fourth-order valence-corrected chi connectivity index (χ4v) is 8.43. The number of nitrogens with zero attached hydrogens (tertiary/aromatic N) is 1. The van der Waals surface area contributed by atoms with E-state index in [-0.39, 0.29) is 43.4 Å². The first-order valence-corrected chi connectivity index (χ1v) is 13.6. The first-order chi connectivity index (χ1) is 15.4. The molecule has 186 valence electrons. The fourth-order valence-electron chi connectivity index (χ4n) is 6.93. The Morgan fingerprint density at radius 1 is 1.30 bits per heavy atom. The van der Waals surface area contributed by atoms with Gasteiger partial charge < -0.3 is 25.5 Å². The lowest BCUT2D eigenvalue weighted by atomic mass is 9.43. The lowest BCUT2D eigenvalue weighted by Gasteiger charge is -2.64. The van der Waals surface area contributed by atoms with E-state index in [0.29, 0.717) is 44.1 Å². The van der Waals surface area contributed by atoms with Gasteiger partial charge in [0.1, 0.15) is 5.54 Å². The van der Waals surface area contributed by atoms with E-state index in [4.69, 9.17) is 15.0 Å². The average Bonchev–Trinajstić information content (AvgIpc) is 3.22. The van der Waals surface area contributed by atoms with Gasteiger partial charge >= 0.3 is 13.1 Å². The van der Waals surface area contributed by atoms with Crippen LogP contribution < -0.4 is 15.8 Å². The molecule has 3 heterocycles. The molecule has 0 aromatic rings. The molecule has 5 N–H and O–H groups in total. The van der Waals surface area contributed by atoms with E-state index in [1.54, 1.807) is 0 Å². The van der Waals surface area contributed by atoms with Crippen molar-refractivity contribution in [3.8, 4) is 0 Å². The molecule has 0 unspecified atom stereocenters.